The maximum atomic E-state index is 13.1. The molecule has 1 N–H and O–H groups in total. The summed E-state index contributed by atoms with van der Waals surface area (Å²) >= 11 is 0. The number of hydrogen-bond acceptors (Lipinski definition) is 2. The highest BCUT2D eigenvalue weighted by atomic mass is 19.4. The minimum Gasteiger partial charge on any atom is -0.385 e. The van der Waals surface area contributed by atoms with Gasteiger partial charge in [-0.25, -0.2) is 0 Å². The van der Waals surface area contributed by atoms with E-state index in [4.69, 9.17) is 0 Å². The van der Waals surface area contributed by atoms with Gasteiger partial charge in [-0.2, -0.15) is 13.2 Å². The largest absolute Gasteiger partial charge is 0.416 e. The molecule has 0 aliphatic carbocycles. The van der Waals surface area contributed by atoms with Crippen LogP contribution in [0.25, 0.3) is 11.6 Å². The Kier molecular flexibility index (Phi) is 7.22. The van der Waals surface area contributed by atoms with Crippen molar-refractivity contribution in [2.24, 2.45) is 0 Å². The lowest BCUT2D eigenvalue weighted by molar-refractivity contribution is -0.137. The summed E-state index contributed by atoms with van der Waals surface area (Å²) in [7, 11) is 0. The van der Waals surface area contributed by atoms with Gasteiger partial charge in [-0.15, -0.1) is 0 Å². The third kappa shape index (κ3) is 6.08. The van der Waals surface area contributed by atoms with Gasteiger partial charge < -0.3 is 10.0 Å². The second-order valence-electron chi connectivity index (χ2n) is 8.65. The molecule has 0 bridgehead atoms. The molecule has 3 nitrogen and oxygen atoms in total. The molecule has 1 fully saturated rings. The van der Waals surface area contributed by atoms with Crippen molar-refractivity contribution >= 4 is 17.6 Å². The van der Waals surface area contributed by atoms with E-state index in [0.717, 1.165) is 23.3 Å². The molecule has 1 aliphatic heterocycles. The normalized spacial score (nSPS) is 16.5. The van der Waals surface area contributed by atoms with Crippen molar-refractivity contribution in [2.75, 3.05) is 13.1 Å². The summed E-state index contributed by atoms with van der Waals surface area (Å²) < 4.78 is 39.2. The van der Waals surface area contributed by atoms with Crippen LogP contribution >= 0.6 is 0 Å². The Morgan fingerprint density at radius 2 is 1.51 bits per heavy atom. The van der Waals surface area contributed by atoms with E-state index in [0.29, 0.717) is 37.1 Å². The molecule has 1 amide bonds. The minimum atomic E-state index is -4.42. The van der Waals surface area contributed by atoms with Crippen molar-refractivity contribution in [3.8, 4) is 0 Å². The summed E-state index contributed by atoms with van der Waals surface area (Å²) in [5.41, 5.74) is 0.920. The quantitative estimate of drug-likeness (QED) is 0.346. The molecule has 1 heterocycles. The van der Waals surface area contributed by atoms with E-state index in [1.165, 1.54) is 12.1 Å². The summed E-state index contributed by atoms with van der Waals surface area (Å²) in [6, 6.07) is 23.7. The average Bonchev–Trinajstić information content (AvgIpc) is 2.87. The molecule has 0 aromatic heterocycles. The predicted octanol–water partition coefficient (Wildman–Crippen LogP) is 6.31. The van der Waals surface area contributed by atoms with Crippen LogP contribution in [0.2, 0.25) is 0 Å². The molecule has 0 radical (unpaired) electrons. The van der Waals surface area contributed by atoms with Crippen LogP contribution in [0.4, 0.5) is 13.2 Å². The zero-order chi connectivity index (χ0) is 24.9. The molecule has 0 unspecified atom stereocenters. The van der Waals surface area contributed by atoms with Crippen LogP contribution in [0.1, 0.15) is 35.1 Å². The molecule has 3 aromatic rings. The number of rotatable bonds is 5. The molecule has 0 saturated carbocycles. The second kappa shape index (κ2) is 10.3. The van der Waals surface area contributed by atoms with Crippen LogP contribution in [0.3, 0.4) is 0 Å². The van der Waals surface area contributed by atoms with Gasteiger partial charge in [0.25, 0.3) is 0 Å². The Morgan fingerprint density at radius 3 is 2.14 bits per heavy atom. The van der Waals surface area contributed by atoms with Crippen LogP contribution in [-0.4, -0.2) is 29.0 Å². The SMILES string of the molecule is O=C(/C=C(/C=C/c1cccc(C(F)(F)F)c1)c1ccccc1)N1CCC(O)(c2ccccc2)CC1. The summed E-state index contributed by atoms with van der Waals surface area (Å²) in [5.74, 6) is -0.201. The van der Waals surface area contributed by atoms with E-state index in [1.54, 1.807) is 23.1 Å². The van der Waals surface area contributed by atoms with E-state index in [-0.39, 0.29) is 5.91 Å². The Balaban J connectivity index is 1.54. The second-order valence-corrected chi connectivity index (χ2v) is 8.65. The van der Waals surface area contributed by atoms with Crippen molar-refractivity contribution in [3.63, 3.8) is 0 Å². The van der Waals surface area contributed by atoms with Gasteiger partial charge in [0.1, 0.15) is 0 Å². The van der Waals surface area contributed by atoms with E-state index >= 15 is 0 Å². The molecule has 3 aromatic carbocycles. The number of likely N-dealkylation sites (tertiary alicyclic amines) is 1. The molecule has 6 heteroatoms. The standard InChI is InChI=1S/C29H26F3NO2/c30-29(31,32)26-13-7-8-22(20-26)14-15-24(23-9-3-1-4-10-23)21-27(34)33-18-16-28(35,17-19-33)25-11-5-2-6-12-25/h1-15,20-21,35H,16-19H2/b15-14+,24-21-. The van der Waals surface area contributed by atoms with Gasteiger partial charge in [0.05, 0.1) is 11.2 Å². The molecule has 35 heavy (non-hydrogen) atoms. The maximum absolute atomic E-state index is 13.1. The van der Waals surface area contributed by atoms with E-state index in [1.807, 2.05) is 60.7 Å². The fourth-order valence-corrected chi connectivity index (χ4v) is 4.22. The lowest BCUT2D eigenvalue weighted by Crippen LogP contribution is -2.44. The highest BCUT2D eigenvalue weighted by Gasteiger charge is 2.35. The van der Waals surface area contributed by atoms with E-state index in [2.05, 4.69) is 0 Å². The van der Waals surface area contributed by atoms with Crippen molar-refractivity contribution in [1.29, 1.82) is 0 Å². The number of amides is 1. The Hall–Kier alpha value is -3.64. The van der Waals surface area contributed by atoms with Crippen molar-refractivity contribution < 1.29 is 23.1 Å². The molecule has 4 rings (SSSR count). The molecular formula is C29H26F3NO2. The number of carbonyl (C=O) groups is 1. The zero-order valence-electron chi connectivity index (χ0n) is 19.1. The summed E-state index contributed by atoms with van der Waals surface area (Å²) in [6.45, 7) is 0.806. The van der Waals surface area contributed by atoms with Crippen LogP contribution in [0.15, 0.2) is 97.1 Å². The smallest absolute Gasteiger partial charge is 0.385 e. The number of hydrogen-bond donors (Lipinski definition) is 1. The lowest BCUT2D eigenvalue weighted by Gasteiger charge is -2.38. The molecule has 0 spiro atoms. The Morgan fingerprint density at radius 1 is 0.886 bits per heavy atom. The van der Waals surface area contributed by atoms with Crippen LogP contribution in [0, 0.1) is 0 Å². The third-order valence-corrected chi connectivity index (χ3v) is 6.27. The van der Waals surface area contributed by atoms with Crippen molar-refractivity contribution in [1.82, 2.24) is 4.90 Å². The molecule has 1 aliphatic rings. The molecule has 180 valence electrons. The van der Waals surface area contributed by atoms with E-state index < -0.39 is 17.3 Å². The summed E-state index contributed by atoms with van der Waals surface area (Å²) in [4.78, 5) is 14.8. The first-order chi connectivity index (χ1) is 16.7. The Bertz CT molecular complexity index is 1210. The number of alkyl halides is 3. The van der Waals surface area contributed by atoms with Crippen LogP contribution in [0.5, 0.6) is 0 Å². The first-order valence-corrected chi connectivity index (χ1v) is 11.4. The zero-order valence-corrected chi connectivity index (χ0v) is 19.1. The highest BCUT2D eigenvalue weighted by Crippen LogP contribution is 2.33. The number of nitrogens with zero attached hydrogens (tertiary/aromatic N) is 1. The molecular weight excluding hydrogens is 451 g/mol. The summed E-state index contributed by atoms with van der Waals surface area (Å²) in [6.07, 6.45) is 1.17. The number of carbonyl (C=O) groups excluding carboxylic acids is 1. The van der Waals surface area contributed by atoms with Crippen molar-refractivity contribution in [2.45, 2.75) is 24.6 Å². The van der Waals surface area contributed by atoms with Crippen molar-refractivity contribution in [3.05, 3.63) is 119 Å². The van der Waals surface area contributed by atoms with Crippen LogP contribution < -0.4 is 0 Å². The Labute approximate surface area is 202 Å². The van der Waals surface area contributed by atoms with Gasteiger partial charge in [-0.1, -0.05) is 84.9 Å². The van der Waals surface area contributed by atoms with Gasteiger partial charge in [0, 0.05) is 19.2 Å². The highest BCUT2D eigenvalue weighted by molar-refractivity contribution is 5.98. The number of benzene rings is 3. The van der Waals surface area contributed by atoms with Gasteiger partial charge in [-0.05, 0) is 47.2 Å². The minimum absolute atomic E-state index is 0.201. The molecule has 0 atom stereocenters. The average molecular weight is 478 g/mol. The number of piperidine rings is 1. The fraction of sp³-hybridized carbons (Fsp3) is 0.207. The fourth-order valence-electron chi connectivity index (χ4n) is 4.22. The number of aliphatic hydroxyl groups is 1. The number of halogens is 3. The first-order valence-electron chi connectivity index (χ1n) is 11.4. The lowest BCUT2D eigenvalue weighted by atomic mass is 9.84. The topological polar surface area (TPSA) is 40.5 Å². The first kappa shape index (κ1) is 24.5. The van der Waals surface area contributed by atoms with Gasteiger partial charge in [-0.3, -0.25) is 4.79 Å². The van der Waals surface area contributed by atoms with Gasteiger partial charge >= 0.3 is 6.18 Å². The summed E-state index contributed by atoms with van der Waals surface area (Å²) in [5, 5.41) is 11.0. The molecule has 1 saturated heterocycles. The van der Waals surface area contributed by atoms with E-state index in [9.17, 15) is 23.1 Å². The van der Waals surface area contributed by atoms with Crippen LogP contribution in [-0.2, 0) is 16.6 Å². The third-order valence-electron chi connectivity index (χ3n) is 6.27. The van der Waals surface area contributed by atoms with Gasteiger partial charge in [0.15, 0.2) is 0 Å². The monoisotopic (exact) mass is 477 g/mol. The number of allylic oxidation sites excluding steroid dienone is 2. The maximum Gasteiger partial charge on any atom is 0.416 e. The van der Waals surface area contributed by atoms with Gasteiger partial charge in [0.2, 0.25) is 5.91 Å². The predicted molar refractivity (Wildman–Crippen MR) is 131 cm³/mol.